The fourth-order valence-corrected chi connectivity index (χ4v) is 2.80. The quantitative estimate of drug-likeness (QED) is 0.119. The highest BCUT2D eigenvalue weighted by atomic mass is 127. The van der Waals surface area contributed by atoms with Crippen molar-refractivity contribution in [1.29, 1.82) is 0 Å². The molecule has 0 unspecified atom stereocenters. The molecule has 0 aliphatic carbocycles. The van der Waals surface area contributed by atoms with Crippen molar-refractivity contribution < 1.29 is 23.7 Å². The van der Waals surface area contributed by atoms with Gasteiger partial charge in [0, 0.05) is 13.2 Å². The van der Waals surface area contributed by atoms with Crippen LogP contribution in [0.5, 0.6) is 0 Å². The van der Waals surface area contributed by atoms with Gasteiger partial charge in [-0.3, -0.25) is 0 Å². The standard InChI is InChI=1S/C20H41IO5/c1-2-3-4-8-11-22-13-15-24-17-19-26-20-18-25-16-14-23-12-9-6-5-7-10-21/h2-20H2,1H3. The van der Waals surface area contributed by atoms with Gasteiger partial charge >= 0.3 is 0 Å². The Labute approximate surface area is 175 Å². The van der Waals surface area contributed by atoms with Crippen LogP contribution in [0.3, 0.4) is 0 Å². The molecule has 5 nitrogen and oxygen atoms in total. The van der Waals surface area contributed by atoms with E-state index >= 15 is 0 Å². The Morgan fingerprint density at radius 3 is 1.15 bits per heavy atom. The monoisotopic (exact) mass is 488 g/mol. The predicted octanol–water partition coefficient (Wildman–Crippen LogP) is 4.65. The van der Waals surface area contributed by atoms with Crippen LogP contribution in [0, 0.1) is 0 Å². The Hall–Kier alpha value is 0.530. The highest BCUT2D eigenvalue weighted by Crippen LogP contribution is 2.02. The van der Waals surface area contributed by atoms with Gasteiger partial charge in [-0.05, 0) is 23.7 Å². The maximum atomic E-state index is 5.53. The van der Waals surface area contributed by atoms with Crippen LogP contribution in [0.25, 0.3) is 0 Å². The van der Waals surface area contributed by atoms with E-state index in [0.29, 0.717) is 52.9 Å². The van der Waals surface area contributed by atoms with Gasteiger partial charge in [0.1, 0.15) is 0 Å². The summed E-state index contributed by atoms with van der Waals surface area (Å²) in [6, 6.07) is 0. The Bertz CT molecular complexity index is 220. The maximum absolute atomic E-state index is 5.53. The molecule has 0 amide bonds. The summed E-state index contributed by atoms with van der Waals surface area (Å²) in [6.07, 6.45) is 10.0. The van der Waals surface area contributed by atoms with Gasteiger partial charge in [0.15, 0.2) is 0 Å². The number of rotatable bonds is 23. The number of unbranched alkanes of at least 4 members (excludes halogenated alkanes) is 6. The second-order valence-corrected chi connectivity index (χ2v) is 7.30. The lowest BCUT2D eigenvalue weighted by Crippen LogP contribution is -2.13. The van der Waals surface area contributed by atoms with Crippen LogP contribution in [0.15, 0.2) is 0 Å². The van der Waals surface area contributed by atoms with E-state index in [-0.39, 0.29) is 0 Å². The second-order valence-electron chi connectivity index (χ2n) is 6.23. The minimum Gasteiger partial charge on any atom is -0.379 e. The molecule has 0 atom stereocenters. The van der Waals surface area contributed by atoms with Crippen LogP contribution in [-0.2, 0) is 23.7 Å². The first-order chi connectivity index (χ1) is 12.9. The first-order valence-electron chi connectivity index (χ1n) is 10.4. The Morgan fingerprint density at radius 2 is 0.769 bits per heavy atom. The lowest BCUT2D eigenvalue weighted by molar-refractivity contribution is -0.0114. The molecule has 0 aromatic heterocycles. The largest absolute Gasteiger partial charge is 0.379 e. The third-order valence-corrected chi connectivity index (χ3v) is 4.57. The smallest absolute Gasteiger partial charge is 0.0701 e. The maximum Gasteiger partial charge on any atom is 0.0701 e. The van der Waals surface area contributed by atoms with E-state index in [0.717, 1.165) is 26.1 Å². The molecule has 0 aliphatic rings. The van der Waals surface area contributed by atoms with Gasteiger partial charge < -0.3 is 23.7 Å². The van der Waals surface area contributed by atoms with Crippen molar-refractivity contribution in [2.45, 2.75) is 58.3 Å². The predicted molar refractivity (Wildman–Crippen MR) is 116 cm³/mol. The topological polar surface area (TPSA) is 46.2 Å². The van der Waals surface area contributed by atoms with Crippen LogP contribution in [0.1, 0.15) is 58.3 Å². The molecule has 0 radical (unpaired) electrons. The molecule has 0 saturated carbocycles. The second kappa shape index (κ2) is 25.5. The van der Waals surface area contributed by atoms with E-state index in [9.17, 15) is 0 Å². The molecule has 0 fully saturated rings. The molecule has 0 bridgehead atoms. The minimum atomic E-state index is 0.605. The average Bonchev–Trinajstić information content (AvgIpc) is 2.66. The zero-order chi connectivity index (χ0) is 19.0. The highest BCUT2D eigenvalue weighted by Gasteiger charge is 1.94. The highest BCUT2D eigenvalue weighted by molar-refractivity contribution is 14.1. The summed E-state index contributed by atoms with van der Waals surface area (Å²) in [5.74, 6) is 0. The molecule has 26 heavy (non-hydrogen) atoms. The molecule has 158 valence electrons. The zero-order valence-electron chi connectivity index (χ0n) is 16.9. The van der Waals surface area contributed by atoms with Gasteiger partial charge in [-0.1, -0.05) is 61.6 Å². The number of hydrogen-bond acceptors (Lipinski definition) is 5. The SMILES string of the molecule is CCCCCCOCCOCCOCCOCCOCCCCCCI. The summed E-state index contributed by atoms with van der Waals surface area (Å²) < 4.78 is 28.7. The van der Waals surface area contributed by atoms with Crippen molar-refractivity contribution >= 4 is 22.6 Å². The summed E-state index contributed by atoms with van der Waals surface area (Å²) in [5.41, 5.74) is 0. The van der Waals surface area contributed by atoms with E-state index < -0.39 is 0 Å². The van der Waals surface area contributed by atoms with Gasteiger partial charge in [-0.15, -0.1) is 0 Å². The first-order valence-corrected chi connectivity index (χ1v) is 11.9. The van der Waals surface area contributed by atoms with Gasteiger partial charge in [0.25, 0.3) is 0 Å². The third-order valence-electron chi connectivity index (χ3n) is 3.80. The van der Waals surface area contributed by atoms with Crippen LogP contribution >= 0.6 is 22.6 Å². The first kappa shape index (κ1) is 26.5. The molecule has 0 heterocycles. The Kier molecular flexibility index (Phi) is 26.1. The van der Waals surface area contributed by atoms with Crippen molar-refractivity contribution in [1.82, 2.24) is 0 Å². The molecule has 6 heteroatoms. The van der Waals surface area contributed by atoms with E-state index in [4.69, 9.17) is 23.7 Å². The summed E-state index contributed by atoms with van der Waals surface area (Å²) >= 11 is 2.43. The molecule has 0 N–H and O–H groups in total. The van der Waals surface area contributed by atoms with Crippen molar-refractivity contribution in [3.05, 3.63) is 0 Å². The van der Waals surface area contributed by atoms with Crippen molar-refractivity contribution in [3.63, 3.8) is 0 Å². The Balaban J connectivity index is 2.95. The van der Waals surface area contributed by atoms with Gasteiger partial charge in [-0.25, -0.2) is 0 Å². The summed E-state index contributed by atoms with van der Waals surface area (Å²) in [5, 5.41) is 0. The van der Waals surface area contributed by atoms with Crippen molar-refractivity contribution in [3.8, 4) is 0 Å². The van der Waals surface area contributed by atoms with Crippen LogP contribution in [-0.4, -0.2) is 70.5 Å². The molecular weight excluding hydrogens is 447 g/mol. The van der Waals surface area contributed by atoms with Crippen LogP contribution in [0.2, 0.25) is 0 Å². The van der Waals surface area contributed by atoms with E-state index in [1.165, 1.54) is 43.0 Å². The van der Waals surface area contributed by atoms with E-state index in [1.807, 2.05) is 0 Å². The lowest BCUT2D eigenvalue weighted by atomic mass is 10.2. The molecule has 0 spiro atoms. The van der Waals surface area contributed by atoms with Crippen molar-refractivity contribution in [2.24, 2.45) is 0 Å². The Morgan fingerprint density at radius 1 is 0.423 bits per heavy atom. The summed E-state index contributed by atoms with van der Waals surface area (Å²) in [4.78, 5) is 0. The van der Waals surface area contributed by atoms with E-state index in [1.54, 1.807) is 0 Å². The fraction of sp³-hybridized carbons (Fsp3) is 1.00. The molecule has 0 saturated heterocycles. The minimum absolute atomic E-state index is 0.605. The number of hydrogen-bond donors (Lipinski definition) is 0. The zero-order valence-corrected chi connectivity index (χ0v) is 19.0. The fourth-order valence-electron chi connectivity index (χ4n) is 2.26. The molecule has 0 aliphatic heterocycles. The summed E-state index contributed by atoms with van der Waals surface area (Å²) in [6.45, 7) is 8.98. The van der Waals surface area contributed by atoms with E-state index in [2.05, 4.69) is 29.5 Å². The third kappa shape index (κ3) is 24.5. The number of halogens is 1. The summed E-state index contributed by atoms with van der Waals surface area (Å²) in [7, 11) is 0. The molecule has 0 aromatic carbocycles. The molecule has 0 aromatic rings. The van der Waals surface area contributed by atoms with Crippen molar-refractivity contribution in [2.75, 3.05) is 70.5 Å². The van der Waals surface area contributed by atoms with Gasteiger partial charge in [0.05, 0.1) is 52.9 Å². The molecule has 0 rings (SSSR count). The normalized spacial score (nSPS) is 11.3. The van der Waals surface area contributed by atoms with Crippen LogP contribution in [0.4, 0.5) is 0 Å². The van der Waals surface area contributed by atoms with Crippen LogP contribution < -0.4 is 0 Å². The lowest BCUT2D eigenvalue weighted by Gasteiger charge is -2.08. The number of alkyl halides is 1. The van der Waals surface area contributed by atoms with Gasteiger partial charge in [0.2, 0.25) is 0 Å². The average molecular weight is 488 g/mol. The molecular formula is C20H41IO5. The van der Waals surface area contributed by atoms with Gasteiger partial charge in [-0.2, -0.15) is 0 Å². The number of ether oxygens (including phenoxy) is 5.